The van der Waals surface area contributed by atoms with E-state index in [1.54, 1.807) is 0 Å². The average Bonchev–Trinajstić information content (AvgIpc) is 3.23. The predicted molar refractivity (Wildman–Crippen MR) is 154 cm³/mol. The van der Waals surface area contributed by atoms with Gasteiger partial charge in [0, 0.05) is 22.0 Å². The fourth-order valence-electron chi connectivity index (χ4n) is 5.97. The number of rotatable bonds is 2. The lowest BCUT2D eigenvalue weighted by Gasteiger charge is -2.19. The van der Waals surface area contributed by atoms with Gasteiger partial charge in [-0.05, 0) is 138 Å². The molecular weight excluding hydrogens is 452 g/mol. The summed E-state index contributed by atoms with van der Waals surface area (Å²) in [6, 6.07) is 10.3. The van der Waals surface area contributed by atoms with Gasteiger partial charge in [0.1, 0.15) is 5.82 Å². The summed E-state index contributed by atoms with van der Waals surface area (Å²) < 4.78 is 2.44. The number of aromatic nitrogens is 3. The number of fused-ring (bicyclic) bond motifs is 3. The summed E-state index contributed by atoms with van der Waals surface area (Å²) in [6.45, 7) is 21.8. The Labute approximate surface area is 219 Å². The molecule has 0 fully saturated rings. The maximum Gasteiger partial charge on any atom is 0.126 e. The molecule has 2 aromatic heterocycles. The van der Waals surface area contributed by atoms with Crippen LogP contribution >= 0.6 is 0 Å². The lowest BCUT2D eigenvalue weighted by molar-refractivity contribution is 1.01. The topological polar surface area (TPSA) is 54.5 Å². The van der Waals surface area contributed by atoms with Crippen molar-refractivity contribution in [2.24, 2.45) is 0 Å². The third-order valence-electron chi connectivity index (χ3n) is 8.61. The molecule has 5 aromatic rings. The van der Waals surface area contributed by atoms with Gasteiger partial charge in [-0.2, -0.15) is 5.26 Å². The smallest absolute Gasteiger partial charge is 0.126 e. The molecule has 3 aromatic carbocycles. The van der Waals surface area contributed by atoms with Crippen molar-refractivity contribution < 1.29 is 0 Å². The zero-order valence-electron chi connectivity index (χ0n) is 23.6. The van der Waals surface area contributed by atoms with Crippen LogP contribution in [0.4, 0.5) is 0 Å². The molecule has 0 unspecified atom stereocenters. The maximum absolute atomic E-state index is 9.79. The largest absolute Gasteiger partial charge is 0.308 e. The molecule has 0 amide bonds. The van der Waals surface area contributed by atoms with E-state index in [4.69, 9.17) is 4.98 Å². The van der Waals surface area contributed by atoms with Gasteiger partial charge < -0.3 is 4.57 Å². The minimum absolute atomic E-state index is 0.619. The summed E-state index contributed by atoms with van der Waals surface area (Å²) in [7, 11) is 0. The molecule has 0 spiro atoms. The van der Waals surface area contributed by atoms with Crippen LogP contribution in [0.15, 0.2) is 24.3 Å². The first-order valence-corrected chi connectivity index (χ1v) is 12.9. The molecule has 0 aliphatic heterocycles. The van der Waals surface area contributed by atoms with Gasteiger partial charge in [-0.25, -0.2) is 9.97 Å². The molecule has 37 heavy (non-hydrogen) atoms. The molecule has 0 atom stereocenters. The minimum Gasteiger partial charge on any atom is -0.308 e. The van der Waals surface area contributed by atoms with Crippen LogP contribution in [0.25, 0.3) is 38.8 Å². The Hall–Kier alpha value is -3.97. The van der Waals surface area contributed by atoms with E-state index >= 15 is 0 Å². The van der Waals surface area contributed by atoms with E-state index in [1.807, 2.05) is 32.0 Å². The normalized spacial score (nSPS) is 11.5. The summed E-state index contributed by atoms with van der Waals surface area (Å²) in [4.78, 5) is 9.33. The molecule has 0 aliphatic rings. The number of nitrogens with zero attached hydrogens (tertiary/aromatic N) is 4. The highest BCUT2D eigenvalue weighted by Gasteiger charge is 2.25. The van der Waals surface area contributed by atoms with E-state index in [-0.39, 0.29) is 0 Å². The van der Waals surface area contributed by atoms with E-state index < -0.39 is 0 Å². The molecule has 0 radical (unpaired) electrons. The lowest BCUT2D eigenvalue weighted by atomic mass is 9.90. The average molecular weight is 487 g/mol. The molecule has 0 bridgehead atoms. The van der Waals surface area contributed by atoms with Gasteiger partial charge in [-0.3, -0.25) is 0 Å². The second kappa shape index (κ2) is 8.56. The van der Waals surface area contributed by atoms with Crippen LogP contribution in [0.2, 0.25) is 0 Å². The van der Waals surface area contributed by atoms with Gasteiger partial charge in [0.05, 0.1) is 34.0 Å². The van der Waals surface area contributed by atoms with Gasteiger partial charge >= 0.3 is 0 Å². The van der Waals surface area contributed by atoms with Crippen LogP contribution in [0.5, 0.6) is 0 Å². The number of hydrogen-bond donors (Lipinski definition) is 0. The van der Waals surface area contributed by atoms with Gasteiger partial charge in [0.25, 0.3) is 0 Å². The molecule has 5 rings (SSSR count). The molecule has 4 heteroatoms. The SMILES string of the molecule is Cc1cc(-c2cc(C#N)ccc2-n2c3c(C)c(C)c(C)c(C)c3c3c(C)c(C)c(C)c(C)c32)nc(C)n1. The third kappa shape index (κ3) is 3.49. The first-order chi connectivity index (χ1) is 17.5. The van der Waals surface area contributed by atoms with E-state index in [0.29, 0.717) is 5.56 Å². The third-order valence-corrected chi connectivity index (χ3v) is 8.61. The first kappa shape index (κ1) is 24.7. The van der Waals surface area contributed by atoms with Crippen LogP contribution in [0.1, 0.15) is 61.6 Å². The van der Waals surface area contributed by atoms with Crippen molar-refractivity contribution >= 4 is 21.8 Å². The fraction of sp³-hybridized carbons (Fsp3) is 0.303. The number of nitriles is 1. The Balaban J connectivity index is 2.11. The van der Waals surface area contributed by atoms with Crippen LogP contribution < -0.4 is 0 Å². The van der Waals surface area contributed by atoms with E-state index in [2.05, 4.69) is 77.1 Å². The Morgan fingerprint density at radius 3 is 1.62 bits per heavy atom. The molecule has 0 N–H and O–H groups in total. The number of benzene rings is 3. The highest BCUT2D eigenvalue weighted by atomic mass is 15.0. The summed E-state index contributed by atoms with van der Waals surface area (Å²) in [5.74, 6) is 0.725. The summed E-state index contributed by atoms with van der Waals surface area (Å²) in [6.07, 6.45) is 0. The summed E-state index contributed by atoms with van der Waals surface area (Å²) in [5, 5.41) is 12.4. The minimum atomic E-state index is 0.619. The monoisotopic (exact) mass is 486 g/mol. The lowest BCUT2D eigenvalue weighted by Crippen LogP contribution is -2.04. The Morgan fingerprint density at radius 1 is 0.622 bits per heavy atom. The van der Waals surface area contributed by atoms with Crippen molar-refractivity contribution in [3.8, 4) is 23.0 Å². The molecular formula is C33H34N4. The molecule has 4 nitrogen and oxygen atoms in total. The fourth-order valence-corrected chi connectivity index (χ4v) is 5.97. The van der Waals surface area contributed by atoms with Gasteiger partial charge in [-0.1, -0.05) is 0 Å². The second-order valence-electron chi connectivity index (χ2n) is 10.6. The maximum atomic E-state index is 9.79. The predicted octanol–water partition coefficient (Wildman–Crippen LogP) is 8.20. The highest BCUT2D eigenvalue weighted by molar-refractivity contribution is 6.15. The van der Waals surface area contributed by atoms with E-state index in [9.17, 15) is 5.26 Å². The Morgan fingerprint density at radius 2 is 1.14 bits per heavy atom. The summed E-state index contributed by atoms with van der Waals surface area (Å²) in [5.41, 5.74) is 17.4. The van der Waals surface area contributed by atoms with E-state index in [0.717, 1.165) is 28.5 Å². The highest BCUT2D eigenvalue weighted by Crippen LogP contribution is 2.44. The number of hydrogen-bond acceptors (Lipinski definition) is 3. The van der Waals surface area contributed by atoms with Gasteiger partial charge in [0.2, 0.25) is 0 Å². The molecule has 2 heterocycles. The van der Waals surface area contributed by atoms with Crippen LogP contribution in [-0.2, 0) is 0 Å². The zero-order chi connectivity index (χ0) is 26.9. The molecule has 186 valence electrons. The van der Waals surface area contributed by atoms with E-state index in [1.165, 1.54) is 66.3 Å². The summed E-state index contributed by atoms with van der Waals surface area (Å²) >= 11 is 0. The first-order valence-electron chi connectivity index (χ1n) is 12.9. The van der Waals surface area contributed by atoms with Crippen molar-refractivity contribution in [3.05, 3.63) is 85.9 Å². The van der Waals surface area contributed by atoms with Gasteiger partial charge in [0.15, 0.2) is 0 Å². The van der Waals surface area contributed by atoms with Gasteiger partial charge in [-0.15, -0.1) is 0 Å². The van der Waals surface area contributed by atoms with Crippen molar-refractivity contribution in [1.82, 2.24) is 14.5 Å². The quantitative estimate of drug-likeness (QED) is 0.253. The standard InChI is InChI=1S/C33H34N4/c1-16-13-28(36-25(10)35-16)27-14-26(15-34)11-12-29(27)37-32-23(8)19(4)17(2)21(6)30(32)31-22(7)18(3)20(5)24(9)33(31)37/h11-14H,1-10H3. The van der Waals surface area contributed by atoms with Crippen molar-refractivity contribution in [1.29, 1.82) is 5.26 Å². The van der Waals surface area contributed by atoms with Crippen LogP contribution in [0, 0.1) is 80.6 Å². The van der Waals surface area contributed by atoms with Crippen LogP contribution in [0.3, 0.4) is 0 Å². The van der Waals surface area contributed by atoms with Crippen molar-refractivity contribution in [2.45, 2.75) is 69.2 Å². The van der Waals surface area contributed by atoms with Crippen molar-refractivity contribution in [2.75, 3.05) is 0 Å². The molecule has 0 saturated carbocycles. The van der Waals surface area contributed by atoms with Crippen LogP contribution in [-0.4, -0.2) is 14.5 Å². The Bertz CT molecular complexity index is 1730. The number of aryl methyl sites for hydroxylation is 6. The second-order valence-corrected chi connectivity index (χ2v) is 10.6. The molecule has 0 saturated heterocycles. The Kier molecular flexibility index (Phi) is 5.72. The zero-order valence-corrected chi connectivity index (χ0v) is 23.6. The van der Waals surface area contributed by atoms with Crippen molar-refractivity contribution in [3.63, 3.8) is 0 Å². The molecule has 0 aliphatic carbocycles.